The molecule has 0 radical (unpaired) electrons. The van der Waals surface area contributed by atoms with E-state index in [1.54, 1.807) is 4.90 Å². The van der Waals surface area contributed by atoms with Gasteiger partial charge in [-0.15, -0.1) is 0 Å². The Morgan fingerprint density at radius 1 is 1.41 bits per heavy atom. The highest BCUT2D eigenvalue weighted by Crippen LogP contribution is 2.47. The molecule has 88 valence electrons. The number of amides is 1. The molecule has 0 aromatic heterocycles. The van der Waals surface area contributed by atoms with Crippen molar-refractivity contribution in [2.75, 3.05) is 11.4 Å². The molecule has 0 bridgehead atoms. The second-order valence-corrected chi connectivity index (χ2v) is 4.58. The SMILES string of the molecule is CCN(C(=O)C1(C#N)CC1)c1ccc(C)cc1. The molecule has 0 heterocycles. The van der Waals surface area contributed by atoms with Crippen molar-refractivity contribution in [1.29, 1.82) is 5.26 Å². The Balaban J connectivity index is 2.26. The van der Waals surface area contributed by atoms with E-state index in [0.29, 0.717) is 19.4 Å². The van der Waals surface area contributed by atoms with Gasteiger partial charge in [0.2, 0.25) is 5.91 Å². The van der Waals surface area contributed by atoms with Gasteiger partial charge in [-0.05, 0) is 38.8 Å². The number of nitrogens with zero attached hydrogens (tertiary/aromatic N) is 2. The van der Waals surface area contributed by atoms with E-state index in [0.717, 1.165) is 5.69 Å². The van der Waals surface area contributed by atoms with Crippen LogP contribution in [0.1, 0.15) is 25.3 Å². The van der Waals surface area contributed by atoms with Gasteiger partial charge in [0, 0.05) is 12.2 Å². The third-order valence-corrected chi connectivity index (χ3v) is 3.28. The number of aryl methyl sites for hydroxylation is 1. The van der Waals surface area contributed by atoms with Crippen molar-refractivity contribution in [2.24, 2.45) is 5.41 Å². The van der Waals surface area contributed by atoms with E-state index in [4.69, 9.17) is 5.26 Å². The van der Waals surface area contributed by atoms with Crippen molar-refractivity contribution < 1.29 is 4.79 Å². The summed E-state index contributed by atoms with van der Waals surface area (Å²) >= 11 is 0. The van der Waals surface area contributed by atoms with Gasteiger partial charge in [0.05, 0.1) is 6.07 Å². The predicted molar refractivity (Wildman–Crippen MR) is 66.5 cm³/mol. The first kappa shape index (κ1) is 11.7. The summed E-state index contributed by atoms with van der Waals surface area (Å²) < 4.78 is 0. The van der Waals surface area contributed by atoms with E-state index >= 15 is 0 Å². The topological polar surface area (TPSA) is 44.1 Å². The normalized spacial score (nSPS) is 16.1. The number of carbonyl (C=O) groups excluding carboxylic acids is 1. The van der Waals surface area contributed by atoms with Crippen molar-refractivity contribution in [2.45, 2.75) is 26.7 Å². The van der Waals surface area contributed by atoms with Crippen LogP contribution in [0.2, 0.25) is 0 Å². The largest absolute Gasteiger partial charge is 0.311 e. The fraction of sp³-hybridized carbons (Fsp3) is 0.429. The molecular weight excluding hydrogens is 212 g/mol. The first-order valence-corrected chi connectivity index (χ1v) is 5.93. The van der Waals surface area contributed by atoms with Crippen LogP contribution in [0.4, 0.5) is 5.69 Å². The summed E-state index contributed by atoms with van der Waals surface area (Å²) in [4.78, 5) is 14.0. The molecule has 1 amide bonds. The summed E-state index contributed by atoms with van der Waals surface area (Å²) in [5, 5.41) is 9.06. The third kappa shape index (κ3) is 2.03. The molecule has 2 rings (SSSR count). The zero-order valence-electron chi connectivity index (χ0n) is 10.2. The van der Waals surface area contributed by atoms with Crippen molar-refractivity contribution in [1.82, 2.24) is 0 Å². The second kappa shape index (κ2) is 4.21. The fourth-order valence-corrected chi connectivity index (χ4v) is 1.92. The molecule has 3 nitrogen and oxygen atoms in total. The third-order valence-electron chi connectivity index (χ3n) is 3.28. The molecule has 3 heteroatoms. The van der Waals surface area contributed by atoms with Gasteiger partial charge in [0.25, 0.3) is 0 Å². The minimum absolute atomic E-state index is 0.0497. The Kier molecular flexibility index (Phi) is 2.89. The predicted octanol–water partition coefficient (Wildman–Crippen LogP) is 2.65. The van der Waals surface area contributed by atoms with Crippen LogP contribution in [0.5, 0.6) is 0 Å². The van der Waals surface area contributed by atoms with E-state index in [1.807, 2.05) is 38.1 Å². The van der Waals surface area contributed by atoms with Crippen LogP contribution in [-0.2, 0) is 4.79 Å². The molecule has 1 fully saturated rings. The summed E-state index contributed by atoms with van der Waals surface area (Å²) in [5.41, 5.74) is 1.31. The number of carbonyl (C=O) groups is 1. The van der Waals surface area contributed by atoms with Gasteiger partial charge >= 0.3 is 0 Å². The zero-order chi connectivity index (χ0) is 12.5. The molecule has 0 saturated heterocycles. The molecule has 1 saturated carbocycles. The molecule has 0 aliphatic heterocycles. The van der Waals surface area contributed by atoms with Crippen LogP contribution in [0.25, 0.3) is 0 Å². The molecule has 1 aliphatic rings. The molecule has 17 heavy (non-hydrogen) atoms. The lowest BCUT2D eigenvalue weighted by Gasteiger charge is -2.23. The average molecular weight is 228 g/mol. The number of benzene rings is 1. The van der Waals surface area contributed by atoms with Crippen LogP contribution in [0, 0.1) is 23.7 Å². The quantitative estimate of drug-likeness (QED) is 0.798. The Labute approximate surface area is 102 Å². The van der Waals surface area contributed by atoms with Crippen molar-refractivity contribution in [3.8, 4) is 6.07 Å². The molecule has 0 unspecified atom stereocenters. The number of rotatable bonds is 3. The maximum absolute atomic E-state index is 12.3. The molecule has 1 aliphatic carbocycles. The van der Waals surface area contributed by atoms with E-state index in [-0.39, 0.29) is 5.91 Å². The minimum Gasteiger partial charge on any atom is -0.311 e. The van der Waals surface area contributed by atoms with Gasteiger partial charge < -0.3 is 4.90 Å². The van der Waals surface area contributed by atoms with Crippen molar-refractivity contribution in [3.63, 3.8) is 0 Å². The standard InChI is InChI=1S/C14H16N2O/c1-3-16(12-6-4-11(2)5-7-12)13(17)14(10-15)8-9-14/h4-7H,3,8-9H2,1-2H3. The number of hydrogen-bond acceptors (Lipinski definition) is 2. The van der Waals surface area contributed by atoms with Crippen LogP contribution >= 0.6 is 0 Å². The molecule has 0 N–H and O–H groups in total. The summed E-state index contributed by atoms with van der Waals surface area (Å²) in [6, 6.07) is 9.99. The van der Waals surface area contributed by atoms with E-state index < -0.39 is 5.41 Å². The smallest absolute Gasteiger partial charge is 0.247 e. The minimum atomic E-state index is -0.735. The maximum atomic E-state index is 12.3. The lowest BCUT2D eigenvalue weighted by molar-refractivity contribution is -0.121. The second-order valence-electron chi connectivity index (χ2n) is 4.58. The summed E-state index contributed by atoms with van der Waals surface area (Å²) in [6.07, 6.45) is 1.40. The summed E-state index contributed by atoms with van der Waals surface area (Å²) in [6.45, 7) is 4.55. The molecule has 0 atom stereocenters. The van der Waals surface area contributed by atoms with Gasteiger partial charge in [0.1, 0.15) is 5.41 Å². The first-order chi connectivity index (χ1) is 8.13. The van der Waals surface area contributed by atoms with Gasteiger partial charge in [-0.25, -0.2) is 0 Å². The highest BCUT2D eigenvalue weighted by molar-refractivity contribution is 6.01. The van der Waals surface area contributed by atoms with Crippen LogP contribution in [0.15, 0.2) is 24.3 Å². The van der Waals surface area contributed by atoms with Crippen LogP contribution < -0.4 is 4.90 Å². The van der Waals surface area contributed by atoms with E-state index in [9.17, 15) is 4.79 Å². The van der Waals surface area contributed by atoms with Gasteiger partial charge in [-0.3, -0.25) is 4.79 Å². The number of nitriles is 1. The average Bonchev–Trinajstić information content (AvgIpc) is 3.13. The summed E-state index contributed by atoms with van der Waals surface area (Å²) in [7, 11) is 0. The first-order valence-electron chi connectivity index (χ1n) is 5.93. The Morgan fingerprint density at radius 3 is 2.41 bits per heavy atom. The van der Waals surface area contributed by atoms with Gasteiger partial charge in [0.15, 0.2) is 0 Å². The van der Waals surface area contributed by atoms with Gasteiger partial charge in [-0.1, -0.05) is 17.7 Å². The van der Waals surface area contributed by atoms with E-state index in [1.165, 1.54) is 5.56 Å². The molecule has 0 spiro atoms. The lowest BCUT2D eigenvalue weighted by atomic mass is 10.1. The number of anilines is 1. The zero-order valence-corrected chi connectivity index (χ0v) is 10.2. The number of hydrogen-bond donors (Lipinski definition) is 0. The van der Waals surface area contributed by atoms with Crippen LogP contribution in [0.3, 0.4) is 0 Å². The van der Waals surface area contributed by atoms with Crippen LogP contribution in [-0.4, -0.2) is 12.5 Å². The fourth-order valence-electron chi connectivity index (χ4n) is 1.92. The molecule has 1 aromatic carbocycles. The lowest BCUT2D eigenvalue weighted by Crippen LogP contribution is -2.36. The highest BCUT2D eigenvalue weighted by atomic mass is 16.2. The molecular formula is C14H16N2O. The molecule has 1 aromatic rings. The Bertz CT molecular complexity index is 466. The van der Waals surface area contributed by atoms with Gasteiger partial charge in [-0.2, -0.15) is 5.26 Å². The Morgan fingerprint density at radius 2 is 2.00 bits per heavy atom. The summed E-state index contributed by atoms with van der Waals surface area (Å²) in [5.74, 6) is -0.0497. The maximum Gasteiger partial charge on any atom is 0.247 e. The Hall–Kier alpha value is -1.82. The van der Waals surface area contributed by atoms with E-state index in [2.05, 4.69) is 6.07 Å². The highest BCUT2D eigenvalue weighted by Gasteiger charge is 2.52. The van der Waals surface area contributed by atoms with Crippen molar-refractivity contribution in [3.05, 3.63) is 29.8 Å². The monoisotopic (exact) mass is 228 g/mol. The van der Waals surface area contributed by atoms with Crippen molar-refractivity contribution >= 4 is 11.6 Å².